The molecule has 1 amide bonds. The van der Waals surface area contributed by atoms with Crippen LogP contribution in [0.1, 0.15) is 61.7 Å². The molecule has 0 bridgehead atoms. The summed E-state index contributed by atoms with van der Waals surface area (Å²) < 4.78 is 54.2. The van der Waals surface area contributed by atoms with Crippen molar-refractivity contribution < 1.29 is 27.4 Å². The minimum absolute atomic E-state index is 0.0340. The number of nitrogens with zero attached hydrogens (tertiary/aromatic N) is 7. The van der Waals surface area contributed by atoms with Gasteiger partial charge in [-0.3, -0.25) is 14.7 Å². The molecule has 0 radical (unpaired) electrons. The van der Waals surface area contributed by atoms with Crippen molar-refractivity contribution in [3.63, 3.8) is 0 Å². The zero-order valence-electron chi connectivity index (χ0n) is 27.1. The van der Waals surface area contributed by atoms with E-state index in [1.807, 2.05) is 29.0 Å². The summed E-state index contributed by atoms with van der Waals surface area (Å²) in [6, 6.07) is 3.80. The van der Waals surface area contributed by atoms with Crippen molar-refractivity contribution in [2.75, 3.05) is 69.4 Å². The van der Waals surface area contributed by atoms with Gasteiger partial charge in [-0.1, -0.05) is 6.58 Å². The van der Waals surface area contributed by atoms with E-state index in [2.05, 4.69) is 35.3 Å². The average molecular weight is 644 g/mol. The zero-order valence-corrected chi connectivity index (χ0v) is 27.1. The number of halogens is 3. The van der Waals surface area contributed by atoms with Crippen molar-refractivity contribution in [2.24, 2.45) is 0 Å². The number of carbonyl (C=O) groups is 1. The summed E-state index contributed by atoms with van der Waals surface area (Å²) in [5.41, 5.74) is 2.62. The number of hydrogen-bond acceptors (Lipinski definition) is 9. The van der Waals surface area contributed by atoms with Crippen LogP contribution in [0.25, 0.3) is 0 Å². The largest absolute Gasteiger partial charge is 0.451 e. The first kappa shape index (κ1) is 32.6. The number of amides is 1. The Morgan fingerprint density at radius 1 is 1.13 bits per heavy atom. The molecule has 46 heavy (non-hydrogen) atoms. The summed E-state index contributed by atoms with van der Waals surface area (Å²) in [4.78, 5) is 32.9. The maximum Gasteiger partial charge on any atom is 0.451 e. The normalized spacial score (nSPS) is 29.2. The van der Waals surface area contributed by atoms with Crippen LogP contribution in [0.5, 0.6) is 0 Å². The lowest BCUT2D eigenvalue weighted by Crippen LogP contribution is -2.68. The lowest BCUT2D eigenvalue weighted by Gasteiger charge is -2.53. The third-order valence-electron chi connectivity index (χ3n) is 10.5. The molecule has 0 aromatic carbocycles. The average Bonchev–Trinajstić information content (AvgIpc) is 3.54. The van der Waals surface area contributed by atoms with Gasteiger partial charge in [0.25, 0.3) is 0 Å². The van der Waals surface area contributed by atoms with Gasteiger partial charge in [0.1, 0.15) is 17.2 Å². The number of alkyl halides is 3. The van der Waals surface area contributed by atoms with Crippen molar-refractivity contribution in [3.8, 4) is 0 Å². The van der Waals surface area contributed by atoms with Gasteiger partial charge in [0.2, 0.25) is 11.7 Å². The highest BCUT2D eigenvalue weighted by Crippen LogP contribution is 2.43. The van der Waals surface area contributed by atoms with Crippen molar-refractivity contribution in [1.82, 2.24) is 24.8 Å². The molecule has 2 aromatic heterocycles. The summed E-state index contributed by atoms with van der Waals surface area (Å²) in [7, 11) is 1.70. The summed E-state index contributed by atoms with van der Waals surface area (Å²) in [5, 5.41) is 0. The highest BCUT2D eigenvalue weighted by molar-refractivity contribution is 5.87. The number of pyridine rings is 1. The predicted octanol–water partition coefficient (Wildman–Crippen LogP) is 4.14. The standard InChI is InChI=1S/C33H44F3N7O3/c1-6-28(44)41-14-12-40(13-15-41)25-19-43(23(25)4)27-18-26(38-31(39-27)33(34,35)36)42-11-8-24(17-22(42)3)29-21(2)7-10-37-30(29)32(45-5)9-16-46-20-32/h6-7,10,18,22-25H,1,8-9,11-17,19-20H2,2-5H3/t22-,23-,24+,25-,32-/m1/s1. The molecule has 0 N–H and O–H groups in total. The second-order valence-corrected chi connectivity index (χ2v) is 13.1. The number of rotatable bonds is 7. The van der Waals surface area contributed by atoms with Crippen LogP contribution >= 0.6 is 0 Å². The van der Waals surface area contributed by atoms with Crippen molar-refractivity contribution in [1.29, 1.82) is 0 Å². The van der Waals surface area contributed by atoms with Crippen LogP contribution in [0.3, 0.4) is 0 Å². The van der Waals surface area contributed by atoms with Gasteiger partial charge in [0.15, 0.2) is 0 Å². The van der Waals surface area contributed by atoms with Crippen LogP contribution in [0, 0.1) is 6.92 Å². The molecule has 10 nitrogen and oxygen atoms in total. The number of carbonyl (C=O) groups excluding carboxylic acids is 1. The number of methoxy groups -OCH3 is 1. The minimum atomic E-state index is -4.67. The number of ether oxygens (including phenoxy) is 2. The van der Waals surface area contributed by atoms with Gasteiger partial charge in [-0.25, -0.2) is 9.97 Å². The van der Waals surface area contributed by atoms with Gasteiger partial charge >= 0.3 is 6.18 Å². The summed E-state index contributed by atoms with van der Waals surface area (Å²) >= 11 is 0. The Kier molecular flexibility index (Phi) is 9.03. The molecule has 0 spiro atoms. The molecule has 6 heterocycles. The second-order valence-electron chi connectivity index (χ2n) is 13.1. The van der Waals surface area contributed by atoms with Gasteiger partial charge in [0.05, 0.1) is 12.3 Å². The molecule has 2 aromatic rings. The van der Waals surface area contributed by atoms with Gasteiger partial charge in [-0.15, -0.1) is 0 Å². The first-order valence-electron chi connectivity index (χ1n) is 16.2. The second kappa shape index (κ2) is 12.7. The molecule has 6 rings (SSSR count). The molecule has 0 aliphatic carbocycles. The fourth-order valence-electron chi connectivity index (χ4n) is 7.77. The van der Waals surface area contributed by atoms with E-state index in [4.69, 9.17) is 14.5 Å². The van der Waals surface area contributed by atoms with Crippen LogP contribution in [-0.4, -0.2) is 108 Å². The van der Waals surface area contributed by atoms with E-state index in [0.717, 1.165) is 36.1 Å². The number of anilines is 2. The first-order chi connectivity index (χ1) is 22.0. The van der Waals surface area contributed by atoms with Gasteiger partial charge in [-0.2, -0.15) is 13.2 Å². The molecule has 4 aliphatic rings. The van der Waals surface area contributed by atoms with E-state index in [-0.39, 0.29) is 30.0 Å². The van der Waals surface area contributed by atoms with Gasteiger partial charge in [0, 0.05) is 89.8 Å². The van der Waals surface area contributed by atoms with E-state index in [1.54, 1.807) is 18.1 Å². The Morgan fingerprint density at radius 3 is 2.43 bits per heavy atom. The van der Waals surface area contributed by atoms with Crippen molar-refractivity contribution >= 4 is 17.5 Å². The van der Waals surface area contributed by atoms with Crippen molar-refractivity contribution in [3.05, 3.63) is 53.6 Å². The summed E-state index contributed by atoms with van der Waals surface area (Å²) in [6.45, 7) is 14.6. The Morgan fingerprint density at radius 2 is 1.85 bits per heavy atom. The summed E-state index contributed by atoms with van der Waals surface area (Å²) in [5.74, 6) is -0.423. The maximum absolute atomic E-state index is 14.1. The number of hydrogen-bond donors (Lipinski definition) is 0. The third-order valence-corrected chi connectivity index (χ3v) is 10.5. The summed E-state index contributed by atoms with van der Waals surface area (Å²) in [6.07, 6.45) is 0.686. The first-order valence-corrected chi connectivity index (χ1v) is 16.2. The van der Waals surface area contributed by atoms with Crippen LogP contribution in [-0.2, 0) is 26.0 Å². The lowest BCUT2D eigenvalue weighted by molar-refractivity contribution is -0.144. The molecule has 250 valence electrons. The number of piperidine rings is 1. The fourth-order valence-corrected chi connectivity index (χ4v) is 7.77. The molecular formula is C33H44F3N7O3. The molecule has 4 saturated heterocycles. The molecule has 4 aliphatic heterocycles. The van der Waals surface area contributed by atoms with E-state index in [9.17, 15) is 18.0 Å². The monoisotopic (exact) mass is 643 g/mol. The van der Waals surface area contributed by atoms with E-state index < -0.39 is 17.6 Å². The SMILES string of the molecule is C=CC(=O)N1CCN([C@@H]2CN(c3cc(N4CC[C@H](c5c(C)ccnc5[C@@]5(OC)CCOC5)C[C@H]4C)nc(C(F)(F)F)n3)[C@@H]2C)CC1. The number of piperazine rings is 1. The smallest absolute Gasteiger partial charge is 0.378 e. The quantitative estimate of drug-likeness (QED) is 0.414. The number of aromatic nitrogens is 3. The highest BCUT2D eigenvalue weighted by atomic mass is 19.4. The highest BCUT2D eigenvalue weighted by Gasteiger charge is 2.45. The molecule has 4 fully saturated rings. The van der Waals surface area contributed by atoms with Crippen LogP contribution in [0.2, 0.25) is 0 Å². The van der Waals surface area contributed by atoms with E-state index in [0.29, 0.717) is 64.1 Å². The minimum Gasteiger partial charge on any atom is -0.378 e. The van der Waals surface area contributed by atoms with E-state index >= 15 is 0 Å². The third kappa shape index (κ3) is 5.97. The Balaban J connectivity index is 1.20. The maximum atomic E-state index is 14.1. The Hall–Kier alpha value is -3.29. The van der Waals surface area contributed by atoms with Gasteiger partial charge in [-0.05, 0) is 62.8 Å². The predicted molar refractivity (Wildman–Crippen MR) is 168 cm³/mol. The molecule has 5 atom stereocenters. The molecule has 0 unspecified atom stereocenters. The van der Waals surface area contributed by atoms with Crippen molar-refractivity contribution in [2.45, 2.75) is 75.9 Å². The Labute approximate surface area is 268 Å². The van der Waals surface area contributed by atoms with Gasteiger partial charge < -0.3 is 24.2 Å². The molecular weight excluding hydrogens is 599 g/mol. The topological polar surface area (TPSA) is 87.2 Å². The lowest BCUT2D eigenvalue weighted by atomic mass is 9.79. The fraction of sp³-hybridized carbons (Fsp3) is 0.636. The van der Waals surface area contributed by atoms with Crippen LogP contribution in [0.15, 0.2) is 31.0 Å². The zero-order chi connectivity index (χ0) is 32.8. The number of aryl methyl sites for hydroxylation is 1. The van der Waals surface area contributed by atoms with Crippen LogP contribution < -0.4 is 9.80 Å². The van der Waals surface area contributed by atoms with Crippen LogP contribution in [0.4, 0.5) is 24.8 Å². The van der Waals surface area contributed by atoms with E-state index in [1.165, 1.54) is 6.08 Å². The Bertz CT molecular complexity index is 1440. The molecule has 0 saturated carbocycles. The molecule has 13 heteroatoms.